The standard InChI is InChI=1S/C11H10O2/c12-11(13)7-9-6-5-8-3-1-2-4-10(8)9/h1-4,7H,5-6H2,(H,12,13). The first-order chi connectivity index (χ1) is 6.27. The average Bonchev–Trinajstić information content (AvgIpc) is 2.48. The summed E-state index contributed by atoms with van der Waals surface area (Å²) in [6.45, 7) is 0. The fourth-order valence-electron chi connectivity index (χ4n) is 1.75. The van der Waals surface area contributed by atoms with Crippen molar-refractivity contribution in [1.29, 1.82) is 0 Å². The molecule has 2 rings (SSSR count). The van der Waals surface area contributed by atoms with Crippen molar-refractivity contribution < 1.29 is 9.90 Å². The van der Waals surface area contributed by atoms with Crippen LogP contribution in [0.25, 0.3) is 5.57 Å². The Labute approximate surface area is 76.5 Å². The fourth-order valence-corrected chi connectivity index (χ4v) is 1.75. The van der Waals surface area contributed by atoms with E-state index in [1.165, 1.54) is 11.6 Å². The highest BCUT2D eigenvalue weighted by atomic mass is 16.4. The second-order valence-electron chi connectivity index (χ2n) is 3.16. The molecule has 0 heterocycles. The van der Waals surface area contributed by atoms with Crippen LogP contribution in [0.1, 0.15) is 17.5 Å². The Balaban J connectivity index is 2.44. The molecule has 0 saturated heterocycles. The van der Waals surface area contributed by atoms with E-state index in [0.717, 1.165) is 24.0 Å². The molecular weight excluding hydrogens is 164 g/mol. The Hall–Kier alpha value is -1.57. The number of rotatable bonds is 1. The number of fused-ring (bicyclic) bond motifs is 1. The Kier molecular flexibility index (Phi) is 1.89. The van der Waals surface area contributed by atoms with Gasteiger partial charge < -0.3 is 5.11 Å². The molecule has 1 N–H and O–H groups in total. The summed E-state index contributed by atoms with van der Waals surface area (Å²) in [7, 11) is 0. The number of aliphatic carboxylic acids is 1. The van der Waals surface area contributed by atoms with Crippen LogP contribution >= 0.6 is 0 Å². The van der Waals surface area contributed by atoms with Gasteiger partial charge in [-0.25, -0.2) is 4.79 Å². The van der Waals surface area contributed by atoms with Crippen LogP contribution in [0.2, 0.25) is 0 Å². The van der Waals surface area contributed by atoms with Crippen molar-refractivity contribution in [1.82, 2.24) is 0 Å². The number of hydrogen-bond donors (Lipinski definition) is 1. The van der Waals surface area contributed by atoms with E-state index in [2.05, 4.69) is 6.07 Å². The van der Waals surface area contributed by atoms with Gasteiger partial charge in [0, 0.05) is 6.08 Å². The molecule has 0 spiro atoms. The van der Waals surface area contributed by atoms with Crippen LogP contribution < -0.4 is 0 Å². The summed E-state index contributed by atoms with van der Waals surface area (Å²) in [6.07, 6.45) is 3.13. The second-order valence-corrected chi connectivity index (χ2v) is 3.16. The maximum absolute atomic E-state index is 10.5. The summed E-state index contributed by atoms with van der Waals surface area (Å²) in [5.74, 6) is -0.855. The lowest BCUT2D eigenvalue weighted by molar-refractivity contribution is -0.131. The Bertz CT molecular complexity index is 377. The molecule has 2 nitrogen and oxygen atoms in total. The molecule has 2 heteroatoms. The molecule has 0 amide bonds. The van der Waals surface area contributed by atoms with Crippen molar-refractivity contribution in [2.75, 3.05) is 0 Å². The van der Waals surface area contributed by atoms with Crippen molar-refractivity contribution in [3.8, 4) is 0 Å². The minimum atomic E-state index is -0.855. The van der Waals surface area contributed by atoms with Crippen molar-refractivity contribution in [3.63, 3.8) is 0 Å². The van der Waals surface area contributed by atoms with E-state index in [9.17, 15) is 4.79 Å². The lowest BCUT2D eigenvalue weighted by Gasteiger charge is -1.97. The third kappa shape index (κ3) is 1.47. The predicted octanol–water partition coefficient (Wildman–Crippen LogP) is 2.10. The molecule has 1 aromatic rings. The monoisotopic (exact) mass is 174 g/mol. The molecule has 66 valence electrons. The van der Waals surface area contributed by atoms with Crippen LogP contribution in [0.15, 0.2) is 30.3 Å². The van der Waals surface area contributed by atoms with Crippen molar-refractivity contribution >= 4 is 11.5 Å². The van der Waals surface area contributed by atoms with Gasteiger partial charge in [-0.15, -0.1) is 0 Å². The van der Waals surface area contributed by atoms with Gasteiger partial charge in [0.1, 0.15) is 0 Å². The van der Waals surface area contributed by atoms with Crippen LogP contribution in [-0.4, -0.2) is 11.1 Å². The first-order valence-corrected chi connectivity index (χ1v) is 4.29. The Morgan fingerprint density at radius 2 is 2.08 bits per heavy atom. The van der Waals surface area contributed by atoms with E-state index >= 15 is 0 Å². The van der Waals surface area contributed by atoms with E-state index in [4.69, 9.17) is 5.11 Å². The number of aryl methyl sites for hydroxylation is 1. The van der Waals surface area contributed by atoms with Crippen LogP contribution in [-0.2, 0) is 11.2 Å². The zero-order valence-electron chi connectivity index (χ0n) is 7.16. The number of carboxylic acid groups (broad SMARTS) is 1. The molecule has 1 aromatic carbocycles. The molecular formula is C11H10O2. The normalized spacial score (nSPS) is 17.4. The Morgan fingerprint density at radius 3 is 2.85 bits per heavy atom. The molecule has 1 aliphatic rings. The molecule has 0 bridgehead atoms. The zero-order valence-corrected chi connectivity index (χ0v) is 7.16. The van der Waals surface area contributed by atoms with E-state index < -0.39 is 5.97 Å². The number of hydrogen-bond acceptors (Lipinski definition) is 1. The van der Waals surface area contributed by atoms with Gasteiger partial charge in [-0.1, -0.05) is 24.3 Å². The molecule has 0 unspecified atom stereocenters. The van der Waals surface area contributed by atoms with Gasteiger partial charge in [0.25, 0.3) is 0 Å². The van der Waals surface area contributed by atoms with Crippen LogP contribution in [0.5, 0.6) is 0 Å². The highest BCUT2D eigenvalue weighted by molar-refractivity contribution is 5.91. The summed E-state index contributed by atoms with van der Waals surface area (Å²) in [6, 6.07) is 7.97. The van der Waals surface area contributed by atoms with Gasteiger partial charge in [0.2, 0.25) is 0 Å². The smallest absolute Gasteiger partial charge is 0.328 e. The second kappa shape index (κ2) is 3.05. The number of allylic oxidation sites excluding steroid dienone is 1. The molecule has 1 aliphatic carbocycles. The average molecular weight is 174 g/mol. The topological polar surface area (TPSA) is 37.3 Å². The van der Waals surface area contributed by atoms with Gasteiger partial charge >= 0.3 is 5.97 Å². The molecule has 0 aromatic heterocycles. The van der Waals surface area contributed by atoms with E-state index in [0.29, 0.717) is 0 Å². The largest absolute Gasteiger partial charge is 0.478 e. The maximum atomic E-state index is 10.5. The molecule has 13 heavy (non-hydrogen) atoms. The van der Waals surface area contributed by atoms with Crippen LogP contribution in [0, 0.1) is 0 Å². The van der Waals surface area contributed by atoms with E-state index in [1.807, 2.05) is 18.2 Å². The maximum Gasteiger partial charge on any atom is 0.328 e. The zero-order chi connectivity index (χ0) is 9.26. The van der Waals surface area contributed by atoms with Gasteiger partial charge in [-0.2, -0.15) is 0 Å². The summed E-state index contributed by atoms with van der Waals surface area (Å²) < 4.78 is 0. The van der Waals surface area contributed by atoms with E-state index in [-0.39, 0.29) is 0 Å². The van der Waals surface area contributed by atoms with Gasteiger partial charge in [0.15, 0.2) is 0 Å². The molecule has 0 fully saturated rings. The number of carbonyl (C=O) groups is 1. The molecule has 0 aliphatic heterocycles. The number of benzene rings is 1. The van der Waals surface area contributed by atoms with Crippen LogP contribution in [0.4, 0.5) is 0 Å². The third-order valence-electron chi connectivity index (χ3n) is 2.32. The predicted molar refractivity (Wildman–Crippen MR) is 50.4 cm³/mol. The minimum Gasteiger partial charge on any atom is -0.478 e. The minimum absolute atomic E-state index is 0.853. The lowest BCUT2D eigenvalue weighted by atomic mass is 10.1. The SMILES string of the molecule is O=C(O)C=C1CCc2ccccc21. The summed E-state index contributed by atoms with van der Waals surface area (Å²) in [5, 5.41) is 8.62. The van der Waals surface area contributed by atoms with E-state index in [1.54, 1.807) is 0 Å². The van der Waals surface area contributed by atoms with Gasteiger partial charge in [-0.3, -0.25) is 0 Å². The first kappa shape index (κ1) is 8.05. The molecule has 0 radical (unpaired) electrons. The van der Waals surface area contributed by atoms with Crippen molar-refractivity contribution in [2.45, 2.75) is 12.8 Å². The molecule has 0 atom stereocenters. The van der Waals surface area contributed by atoms with Gasteiger partial charge in [0.05, 0.1) is 0 Å². The fraction of sp³-hybridized carbons (Fsp3) is 0.182. The quantitative estimate of drug-likeness (QED) is 0.662. The van der Waals surface area contributed by atoms with Crippen LogP contribution in [0.3, 0.4) is 0 Å². The lowest BCUT2D eigenvalue weighted by Crippen LogP contribution is -1.89. The van der Waals surface area contributed by atoms with Crippen molar-refractivity contribution in [3.05, 3.63) is 41.5 Å². The first-order valence-electron chi connectivity index (χ1n) is 4.29. The highest BCUT2D eigenvalue weighted by Crippen LogP contribution is 2.31. The van der Waals surface area contributed by atoms with Gasteiger partial charge in [-0.05, 0) is 29.5 Å². The summed E-state index contributed by atoms with van der Waals surface area (Å²) in [5.41, 5.74) is 3.31. The highest BCUT2D eigenvalue weighted by Gasteiger charge is 2.15. The Morgan fingerprint density at radius 1 is 1.31 bits per heavy atom. The molecule has 0 saturated carbocycles. The summed E-state index contributed by atoms with van der Waals surface area (Å²) >= 11 is 0. The van der Waals surface area contributed by atoms with Crippen molar-refractivity contribution in [2.24, 2.45) is 0 Å². The third-order valence-corrected chi connectivity index (χ3v) is 2.32. The summed E-state index contributed by atoms with van der Waals surface area (Å²) in [4.78, 5) is 10.5. The number of carboxylic acids is 1.